The van der Waals surface area contributed by atoms with Crippen LogP contribution in [-0.2, 0) is 0 Å². The van der Waals surface area contributed by atoms with Crippen LogP contribution in [0, 0.1) is 6.07 Å². The number of ether oxygens (including phenoxy) is 2. The van der Waals surface area contributed by atoms with Crippen LogP contribution >= 0.6 is 0 Å². The fourth-order valence-electron chi connectivity index (χ4n) is 2.45. The fraction of sp³-hybridized carbons (Fsp3) is 0.0588. The van der Waals surface area contributed by atoms with Gasteiger partial charge in [0.1, 0.15) is 0 Å². The largest absolute Gasteiger partial charge is 0.454 e. The van der Waals surface area contributed by atoms with E-state index in [4.69, 9.17) is 9.47 Å². The third-order valence-electron chi connectivity index (χ3n) is 3.38. The summed E-state index contributed by atoms with van der Waals surface area (Å²) in [5, 5.41) is 2.41. The van der Waals surface area contributed by atoms with Crippen molar-refractivity contribution < 1.29 is 9.47 Å². The van der Waals surface area contributed by atoms with Crippen LogP contribution in [-0.4, -0.2) is 6.79 Å². The van der Waals surface area contributed by atoms with Gasteiger partial charge in [-0.3, -0.25) is 0 Å². The number of benzene rings is 3. The topological polar surface area (TPSA) is 18.5 Å². The van der Waals surface area contributed by atoms with E-state index in [9.17, 15) is 0 Å². The quantitative estimate of drug-likeness (QED) is 0.646. The van der Waals surface area contributed by atoms with Crippen LogP contribution in [0.25, 0.3) is 21.9 Å². The highest BCUT2D eigenvalue weighted by Crippen LogP contribution is 2.37. The molecule has 1 radical (unpaired) electrons. The van der Waals surface area contributed by atoms with Gasteiger partial charge in [0.05, 0.1) is 0 Å². The molecule has 1 aliphatic rings. The number of hydrogen-bond acceptors (Lipinski definition) is 2. The molecule has 2 nitrogen and oxygen atoms in total. The zero-order chi connectivity index (χ0) is 12.7. The number of fused-ring (bicyclic) bond motifs is 2. The molecule has 1 heterocycles. The minimum absolute atomic E-state index is 0.304. The third kappa shape index (κ3) is 1.65. The van der Waals surface area contributed by atoms with Crippen molar-refractivity contribution in [1.29, 1.82) is 0 Å². The van der Waals surface area contributed by atoms with Crippen molar-refractivity contribution >= 4 is 10.8 Å². The summed E-state index contributed by atoms with van der Waals surface area (Å²) in [7, 11) is 0. The molecule has 0 bridgehead atoms. The molecule has 2 heteroatoms. The second kappa shape index (κ2) is 4.02. The maximum atomic E-state index is 5.44. The Hall–Kier alpha value is -2.48. The van der Waals surface area contributed by atoms with E-state index < -0.39 is 0 Å². The molecule has 4 rings (SSSR count). The lowest BCUT2D eigenvalue weighted by molar-refractivity contribution is 0.174. The van der Waals surface area contributed by atoms with E-state index in [1.807, 2.05) is 36.4 Å². The molecule has 0 aromatic heterocycles. The smallest absolute Gasteiger partial charge is 0.231 e. The van der Waals surface area contributed by atoms with E-state index in [0.717, 1.165) is 22.6 Å². The van der Waals surface area contributed by atoms with Gasteiger partial charge in [0, 0.05) is 0 Å². The van der Waals surface area contributed by atoms with E-state index in [1.165, 1.54) is 10.8 Å². The standard InChI is InChI=1S/C17H11O2/c1-2-6-14-12(4-1)5-3-7-15(14)13-8-9-16-17(10-13)19-11-18-16/h1-6,8-10H,11H2. The Morgan fingerprint density at radius 1 is 0.895 bits per heavy atom. The maximum Gasteiger partial charge on any atom is 0.231 e. The summed E-state index contributed by atoms with van der Waals surface area (Å²) < 4.78 is 10.8. The van der Waals surface area contributed by atoms with Crippen LogP contribution in [0.5, 0.6) is 11.5 Å². The highest BCUT2D eigenvalue weighted by Gasteiger charge is 2.14. The molecule has 3 aromatic rings. The van der Waals surface area contributed by atoms with E-state index in [1.54, 1.807) is 0 Å². The molecular weight excluding hydrogens is 236 g/mol. The van der Waals surface area contributed by atoms with E-state index in [2.05, 4.69) is 24.3 Å². The molecule has 0 spiro atoms. The second-order valence-corrected chi connectivity index (χ2v) is 4.51. The highest BCUT2D eigenvalue weighted by molar-refractivity contribution is 5.96. The Labute approximate surface area is 111 Å². The summed E-state index contributed by atoms with van der Waals surface area (Å²) in [6, 6.07) is 21.7. The first kappa shape index (κ1) is 10.4. The lowest BCUT2D eigenvalue weighted by Crippen LogP contribution is -1.92. The lowest BCUT2D eigenvalue weighted by atomic mass is 9.98. The lowest BCUT2D eigenvalue weighted by Gasteiger charge is -2.07. The van der Waals surface area contributed by atoms with Gasteiger partial charge in [0.25, 0.3) is 0 Å². The van der Waals surface area contributed by atoms with Crippen molar-refractivity contribution in [2.45, 2.75) is 0 Å². The van der Waals surface area contributed by atoms with Gasteiger partial charge in [0.2, 0.25) is 6.79 Å². The third-order valence-corrected chi connectivity index (χ3v) is 3.38. The first-order chi connectivity index (χ1) is 9.42. The van der Waals surface area contributed by atoms with Crippen LogP contribution in [0.4, 0.5) is 0 Å². The zero-order valence-corrected chi connectivity index (χ0v) is 10.2. The zero-order valence-electron chi connectivity index (χ0n) is 10.2. The Balaban J connectivity index is 1.95. The Morgan fingerprint density at radius 3 is 2.79 bits per heavy atom. The summed E-state index contributed by atoms with van der Waals surface area (Å²) in [5.41, 5.74) is 2.19. The average Bonchev–Trinajstić information content (AvgIpc) is 2.94. The van der Waals surface area contributed by atoms with Gasteiger partial charge >= 0.3 is 0 Å². The van der Waals surface area contributed by atoms with Crippen molar-refractivity contribution in [3.05, 3.63) is 60.7 Å². The molecule has 0 saturated carbocycles. The normalized spacial score (nSPS) is 12.8. The molecular formula is C17H11O2. The minimum Gasteiger partial charge on any atom is -0.454 e. The predicted octanol–water partition coefficient (Wildman–Crippen LogP) is 4.04. The summed E-state index contributed by atoms with van der Waals surface area (Å²) in [6.07, 6.45) is 0. The van der Waals surface area contributed by atoms with Gasteiger partial charge in [-0.05, 0) is 40.1 Å². The van der Waals surface area contributed by atoms with Crippen molar-refractivity contribution in [3.8, 4) is 22.6 Å². The number of rotatable bonds is 1. The van der Waals surface area contributed by atoms with Crippen molar-refractivity contribution in [3.63, 3.8) is 0 Å². The molecule has 0 unspecified atom stereocenters. The Kier molecular flexibility index (Phi) is 2.21. The molecule has 0 aliphatic carbocycles. The molecule has 1 aliphatic heterocycles. The SMILES string of the molecule is [c]1ccc2ccccc2c1-c1ccc2c(c1)OCO2. The molecule has 3 aromatic carbocycles. The van der Waals surface area contributed by atoms with Gasteiger partial charge in [-0.25, -0.2) is 0 Å². The van der Waals surface area contributed by atoms with Crippen LogP contribution in [0.3, 0.4) is 0 Å². The summed E-state index contributed by atoms with van der Waals surface area (Å²) in [6.45, 7) is 0.304. The monoisotopic (exact) mass is 247 g/mol. The minimum atomic E-state index is 0.304. The Morgan fingerprint density at radius 2 is 1.79 bits per heavy atom. The highest BCUT2D eigenvalue weighted by atomic mass is 16.7. The van der Waals surface area contributed by atoms with Gasteiger partial charge in [-0.2, -0.15) is 0 Å². The molecule has 0 fully saturated rings. The molecule has 0 atom stereocenters. The van der Waals surface area contributed by atoms with Gasteiger partial charge in [0.15, 0.2) is 11.5 Å². The molecule has 0 N–H and O–H groups in total. The van der Waals surface area contributed by atoms with E-state index in [-0.39, 0.29) is 0 Å². The van der Waals surface area contributed by atoms with Crippen LogP contribution in [0.15, 0.2) is 54.6 Å². The molecule has 0 amide bonds. The predicted molar refractivity (Wildman–Crippen MR) is 74.3 cm³/mol. The maximum absolute atomic E-state index is 5.44. The van der Waals surface area contributed by atoms with Gasteiger partial charge < -0.3 is 9.47 Å². The van der Waals surface area contributed by atoms with Crippen LogP contribution in [0.2, 0.25) is 0 Å². The summed E-state index contributed by atoms with van der Waals surface area (Å²) in [4.78, 5) is 0. The second-order valence-electron chi connectivity index (χ2n) is 4.51. The van der Waals surface area contributed by atoms with Crippen molar-refractivity contribution in [2.75, 3.05) is 6.79 Å². The summed E-state index contributed by atoms with van der Waals surface area (Å²) in [5.74, 6) is 1.61. The van der Waals surface area contributed by atoms with E-state index in [0.29, 0.717) is 6.79 Å². The average molecular weight is 247 g/mol. The van der Waals surface area contributed by atoms with Crippen LogP contribution in [0.1, 0.15) is 0 Å². The van der Waals surface area contributed by atoms with Gasteiger partial charge in [-0.1, -0.05) is 42.5 Å². The van der Waals surface area contributed by atoms with E-state index >= 15 is 0 Å². The fourth-order valence-corrected chi connectivity index (χ4v) is 2.45. The summed E-state index contributed by atoms with van der Waals surface area (Å²) >= 11 is 0. The van der Waals surface area contributed by atoms with Crippen molar-refractivity contribution in [1.82, 2.24) is 0 Å². The Bertz CT molecular complexity index is 757. The first-order valence-electron chi connectivity index (χ1n) is 6.21. The molecule has 0 saturated heterocycles. The molecule has 91 valence electrons. The van der Waals surface area contributed by atoms with Crippen molar-refractivity contribution in [2.24, 2.45) is 0 Å². The van der Waals surface area contributed by atoms with Gasteiger partial charge in [-0.15, -0.1) is 0 Å². The first-order valence-corrected chi connectivity index (χ1v) is 6.21. The number of hydrogen-bond donors (Lipinski definition) is 0. The van der Waals surface area contributed by atoms with Crippen LogP contribution < -0.4 is 9.47 Å². The molecule has 19 heavy (non-hydrogen) atoms.